The van der Waals surface area contributed by atoms with Gasteiger partial charge in [-0.2, -0.15) is 0 Å². The lowest BCUT2D eigenvalue weighted by Gasteiger charge is -2.32. The van der Waals surface area contributed by atoms with Gasteiger partial charge in [0.2, 0.25) is 0 Å². The van der Waals surface area contributed by atoms with Crippen molar-refractivity contribution in [1.29, 1.82) is 0 Å². The summed E-state index contributed by atoms with van der Waals surface area (Å²) in [5.74, 6) is 1.46. The van der Waals surface area contributed by atoms with Crippen LogP contribution in [0.2, 0.25) is 0 Å². The first-order valence-electron chi connectivity index (χ1n) is 10.1. The maximum Gasteiger partial charge on any atom is 0.251 e. The number of rotatable bonds is 9. The summed E-state index contributed by atoms with van der Waals surface area (Å²) < 4.78 is 5.16. The van der Waals surface area contributed by atoms with Crippen molar-refractivity contribution >= 4 is 35.8 Å². The minimum Gasteiger partial charge on any atom is -0.383 e. The van der Waals surface area contributed by atoms with Crippen molar-refractivity contribution in [3.63, 3.8) is 0 Å². The zero-order chi connectivity index (χ0) is 20.2. The number of guanidine groups is 1. The van der Waals surface area contributed by atoms with Crippen molar-refractivity contribution in [2.45, 2.75) is 19.3 Å². The van der Waals surface area contributed by atoms with Crippen LogP contribution in [0.5, 0.6) is 0 Å². The third-order valence-electron chi connectivity index (χ3n) is 5.22. The smallest absolute Gasteiger partial charge is 0.251 e. The van der Waals surface area contributed by atoms with E-state index in [4.69, 9.17) is 4.74 Å². The van der Waals surface area contributed by atoms with E-state index >= 15 is 0 Å². The fourth-order valence-electron chi connectivity index (χ4n) is 3.43. The number of ether oxygens (including phenoxy) is 1. The molecule has 164 valence electrons. The quantitative estimate of drug-likeness (QED) is 0.264. The Hall–Kier alpha value is -1.39. The molecule has 8 heteroatoms. The second-order valence-electron chi connectivity index (χ2n) is 7.19. The summed E-state index contributed by atoms with van der Waals surface area (Å²) in [6.45, 7) is 5.84. The second kappa shape index (κ2) is 14.6. The third-order valence-corrected chi connectivity index (χ3v) is 5.22. The number of methoxy groups -OCH3 is 1. The van der Waals surface area contributed by atoms with Crippen molar-refractivity contribution in [3.05, 3.63) is 35.4 Å². The van der Waals surface area contributed by atoms with Gasteiger partial charge in [-0.25, -0.2) is 0 Å². The lowest BCUT2D eigenvalue weighted by atomic mass is 9.97. The van der Waals surface area contributed by atoms with Crippen LogP contribution in [-0.4, -0.2) is 77.3 Å². The summed E-state index contributed by atoms with van der Waals surface area (Å²) in [5.41, 5.74) is 1.83. The molecule has 1 aliphatic heterocycles. The molecule has 0 atom stereocenters. The molecule has 1 aromatic carbocycles. The highest BCUT2D eigenvalue weighted by Gasteiger charge is 2.18. The van der Waals surface area contributed by atoms with Gasteiger partial charge in [0.05, 0.1) is 6.61 Å². The van der Waals surface area contributed by atoms with Gasteiger partial charge in [0.1, 0.15) is 0 Å². The first kappa shape index (κ1) is 25.6. The van der Waals surface area contributed by atoms with E-state index in [0.29, 0.717) is 11.5 Å². The molecule has 0 bridgehead atoms. The first-order chi connectivity index (χ1) is 13.7. The van der Waals surface area contributed by atoms with Crippen LogP contribution in [0.4, 0.5) is 0 Å². The number of benzene rings is 1. The van der Waals surface area contributed by atoms with E-state index in [0.717, 1.165) is 57.3 Å². The van der Waals surface area contributed by atoms with Gasteiger partial charge in [0.15, 0.2) is 5.96 Å². The van der Waals surface area contributed by atoms with Crippen LogP contribution >= 0.6 is 24.0 Å². The van der Waals surface area contributed by atoms with E-state index < -0.39 is 0 Å². The van der Waals surface area contributed by atoms with Crippen molar-refractivity contribution < 1.29 is 9.53 Å². The van der Waals surface area contributed by atoms with Gasteiger partial charge in [0, 0.05) is 46.4 Å². The van der Waals surface area contributed by atoms with Crippen LogP contribution < -0.4 is 16.0 Å². The number of likely N-dealkylation sites (tertiary alicyclic amines) is 1. The molecule has 1 fully saturated rings. The normalized spacial score (nSPS) is 15.5. The molecule has 1 aromatic rings. The number of amides is 1. The second-order valence-corrected chi connectivity index (χ2v) is 7.19. The summed E-state index contributed by atoms with van der Waals surface area (Å²) in [5, 5.41) is 9.48. The van der Waals surface area contributed by atoms with E-state index in [2.05, 4.69) is 25.8 Å². The Kier molecular flexibility index (Phi) is 12.9. The van der Waals surface area contributed by atoms with E-state index in [9.17, 15) is 4.79 Å². The predicted octanol–water partition coefficient (Wildman–Crippen LogP) is 1.73. The topological polar surface area (TPSA) is 78.0 Å². The number of carbonyl (C=O) groups excluding carboxylic acids is 1. The van der Waals surface area contributed by atoms with Gasteiger partial charge in [0.25, 0.3) is 5.91 Å². The molecule has 1 saturated heterocycles. The Morgan fingerprint density at radius 3 is 2.69 bits per heavy atom. The number of nitrogens with zero attached hydrogens (tertiary/aromatic N) is 2. The Bertz CT molecular complexity index is 633. The van der Waals surface area contributed by atoms with Crippen LogP contribution in [-0.2, 0) is 11.2 Å². The maximum absolute atomic E-state index is 11.7. The number of aliphatic imine (C=N–C) groups is 1. The van der Waals surface area contributed by atoms with Crippen molar-refractivity contribution in [1.82, 2.24) is 20.9 Å². The Morgan fingerprint density at radius 1 is 1.28 bits per heavy atom. The number of hydrogen-bond acceptors (Lipinski definition) is 4. The van der Waals surface area contributed by atoms with Crippen LogP contribution in [0.25, 0.3) is 0 Å². The van der Waals surface area contributed by atoms with Crippen molar-refractivity contribution in [2.75, 3.05) is 60.5 Å². The van der Waals surface area contributed by atoms with Crippen LogP contribution in [0.3, 0.4) is 0 Å². The van der Waals surface area contributed by atoms with Gasteiger partial charge >= 0.3 is 0 Å². The largest absolute Gasteiger partial charge is 0.383 e. The Labute approximate surface area is 192 Å². The zero-order valence-corrected chi connectivity index (χ0v) is 20.2. The highest BCUT2D eigenvalue weighted by atomic mass is 127. The molecular formula is C21H36IN5O2. The highest BCUT2D eigenvalue weighted by Crippen LogP contribution is 2.15. The molecule has 0 saturated carbocycles. The van der Waals surface area contributed by atoms with Crippen LogP contribution in [0, 0.1) is 5.92 Å². The number of carbonyl (C=O) groups is 1. The summed E-state index contributed by atoms with van der Waals surface area (Å²) in [4.78, 5) is 18.5. The van der Waals surface area contributed by atoms with E-state index in [1.165, 1.54) is 12.8 Å². The average Bonchev–Trinajstić information content (AvgIpc) is 2.75. The Balaban J connectivity index is 0.00000420. The van der Waals surface area contributed by atoms with E-state index in [-0.39, 0.29) is 29.9 Å². The first-order valence-corrected chi connectivity index (χ1v) is 10.1. The number of halogens is 1. The molecule has 0 aromatic heterocycles. The molecule has 1 amide bonds. The number of hydrogen-bond donors (Lipinski definition) is 3. The average molecular weight is 517 g/mol. The van der Waals surface area contributed by atoms with Gasteiger partial charge in [-0.15, -0.1) is 24.0 Å². The SMILES string of the molecule is CN=C(NCCc1cccc(C(=O)NC)c1)NCC1CCN(CCOC)CC1.I. The van der Waals surface area contributed by atoms with Crippen LogP contribution in [0.15, 0.2) is 29.3 Å². The Morgan fingerprint density at radius 2 is 2.03 bits per heavy atom. The molecular weight excluding hydrogens is 481 g/mol. The van der Waals surface area contributed by atoms with E-state index in [1.54, 1.807) is 21.2 Å². The summed E-state index contributed by atoms with van der Waals surface area (Å²) in [7, 11) is 5.21. The van der Waals surface area contributed by atoms with E-state index in [1.807, 2.05) is 24.3 Å². The van der Waals surface area contributed by atoms with Crippen LogP contribution in [0.1, 0.15) is 28.8 Å². The monoisotopic (exact) mass is 517 g/mol. The number of nitrogens with one attached hydrogen (secondary N) is 3. The molecule has 7 nitrogen and oxygen atoms in total. The highest BCUT2D eigenvalue weighted by molar-refractivity contribution is 14.0. The molecule has 0 aliphatic carbocycles. The third kappa shape index (κ3) is 9.31. The zero-order valence-electron chi connectivity index (χ0n) is 17.9. The van der Waals surface area contributed by atoms with Gasteiger partial charge < -0.3 is 25.6 Å². The fraction of sp³-hybridized carbons (Fsp3) is 0.619. The molecule has 0 spiro atoms. The minimum absolute atomic E-state index is 0. The van der Waals surface area contributed by atoms with Crippen molar-refractivity contribution in [2.24, 2.45) is 10.9 Å². The fourth-order valence-corrected chi connectivity index (χ4v) is 3.43. The van der Waals surface area contributed by atoms with Gasteiger partial charge in [-0.3, -0.25) is 9.79 Å². The standard InChI is InChI=1S/C21H35N5O2.HI/c1-22-20(27)19-6-4-5-17(15-19)7-10-24-21(23-2)25-16-18-8-11-26(12-9-18)13-14-28-3;/h4-6,15,18H,7-14,16H2,1-3H3,(H,22,27)(H2,23,24,25);1H. The summed E-state index contributed by atoms with van der Waals surface area (Å²) in [6.07, 6.45) is 3.25. The molecule has 0 unspecified atom stereocenters. The lowest BCUT2D eigenvalue weighted by Crippen LogP contribution is -2.43. The lowest BCUT2D eigenvalue weighted by molar-refractivity contribution is 0.0963. The van der Waals surface area contributed by atoms with Crippen molar-refractivity contribution in [3.8, 4) is 0 Å². The molecule has 2 rings (SSSR count). The van der Waals surface area contributed by atoms with Gasteiger partial charge in [-0.05, 0) is 56.0 Å². The summed E-state index contributed by atoms with van der Waals surface area (Å²) in [6, 6.07) is 7.73. The summed E-state index contributed by atoms with van der Waals surface area (Å²) >= 11 is 0. The molecule has 1 aliphatic rings. The molecule has 0 radical (unpaired) electrons. The maximum atomic E-state index is 11.7. The minimum atomic E-state index is -0.0550. The molecule has 3 N–H and O–H groups in total. The molecule has 1 heterocycles. The van der Waals surface area contributed by atoms with Gasteiger partial charge in [-0.1, -0.05) is 12.1 Å². The molecule has 29 heavy (non-hydrogen) atoms. The predicted molar refractivity (Wildman–Crippen MR) is 129 cm³/mol. The number of piperidine rings is 1.